The van der Waals surface area contributed by atoms with Gasteiger partial charge in [0.1, 0.15) is 18.3 Å². The maximum atomic E-state index is 12.6. The molecule has 0 heterocycles. The summed E-state index contributed by atoms with van der Waals surface area (Å²) in [4.78, 5) is 24.8. The summed E-state index contributed by atoms with van der Waals surface area (Å²) in [5.74, 6) is 5.15. The highest BCUT2D eigenvalue weighted by molar-refractivity contribution is 6.30. The molecule has 1 unspecified atom stereocenters. The highest BCUT2D eigenvalue weighted by Crippen LogP contribution is 2.18. The average molecular weight is 489 g/mol. The molecule has 8 nitrogen and oxygen atoms in total. The molecule has 1 atom stereocenters. The first-order valence-electron chi connectivity index (χ1n) is 11.1. The first-order chi connectivity index (χ1) is 16.2. The van der Waals surface area contributed by atoms with Crippen LogP contribution in [-0.4, -0.2) is 30.1 Å². The Kier molecular flexibility index (Phi) is 10.7. The molecule has 0 spiro atoms. The molecule has 2 aromatic rings. The standard InChI is InChI=1S/C25H33ClN4O4/c1-4-33-25(32)23(13-17(2)3)24(31)29-21-9-5-18(6-10-21)14-30(28)15-20(27)16-34-22-11-7-19(26)8-12-22/h5-12,15,17,23H,4,13-14,16,27-28H2,1-3H3,(H,29,31)/b20-15-. The van der Waals surface area contributed by atoms with E-state index in [0.717, 1.165) is 5.56 Å². The van der Waals surface area contributed by atoms with E-state index in [4.69, 9.17) is 32.7 Å². The molecule has 5 N–H and O–H groups in total. The number of hydrogen-bond acceptors (Lipinski definition) is 7. The van der Waals surface area contributed by atoms with E-state index in [1.54, 1.807) is 49.5 Å². The highest BCUT2D eigenvalue weighted by Gasteiger charge is 2.28. The first kappa shape index (κ1) is 27.0. The number of hydrazine groups is 1. The Bertz CT molecular complexity index is 962. The highest BCUT2D eigenvalue weighted by atomic mass is 35.5. The maximum Gasteiger partial charge on any atom is 0.318 e. The number of hydrogen-bond donors (Lipinski definition) is 3. The van der Waals surface area contributed by atoms with E-state index in [9.17, 15) is 9.59 Å². The maximum absolute atomic E-state index is 12.6. The molecule has 2 aromatic carbocycles. The zero-order chi connectivity index (χ0) is 25.1. The fourth-order valence-corrected chi connectivity index (χ4v) is 3.28. The van der Waals surface area contributed by atoms with E-state index in [0.29, 0.717) is 35.1 Å². The van der Waals surface area contributed by atoms with Gasteiger partial charge in [0.05, 0.1) is 18.8 Å². The largest absolute Gasteiger partial charge is 0.487 e. The second kappa shape index (κ2) is 13.5. The molecule has 0 aliphatic heterocycles. The van der Waals surface area contributed by atoms with Crippen LogP contribution in [0.3, 0.4) is 0 Å². The Morgan fingerprint density at radius 3 is 2.35 bits per heavy atom. The van der Waals surface area contributed by atoms with Crippen LogP contribution in [0.2, 0.25) is 5.02 Å². The van der Waals surface area contributed by atoms with Crippen LogP contribution in [0, 0.1) is 11.8 Å². The van der Waals surface area contributed by atoms with Gasteiger partial charge in [-0.2, -0.15) is 0 Å². The number of anilines is 1. The summed E-state index contributed by atoms with van der Waals surface area (Å²) in [5.41, 5.74) is 7.95. The summed E-state index contributed by atoms with van der Waals surface area (Å²) in [5, 5.41) is 4.87. The SMILES string of the molecule is CCOC(=O)C(CC(C)C)C(=O)Nc1ccc(CN(N)/C=C(\N)COc2ccc(Cl)cc2)cc1. The number of carbonyl (C=O) groups excluding carboxylic acids is 2. The predicted octanol–water partition coefficient (Wildman–Crippen LogP) is 4.06. The number of rotatable bonds is 12. The van der Waals surface area contributed by atoms with Crippen LogP contribution in [0.4, 0.5) is 5.69 Å². The number of benzene rings is 2. The first-order valence-corrected chi connectivity index (χ1v) is 11.5. The molecule has 34 heavy (non-hydrogen) atoms. The Balaban J connectivity index is 1.90. The minimum Gasteiger partial charge on any atom is -0.487 e. The average Bonchev–Trinajstić information content (AvgIpc) is 2.78. The summed E-state index contributed by atoms with van der Waals surface area (Å²) in [6.45, 7) is 6.44. The molecule has 0 saturated carbocycles. The van der Waals surface area contributed by atoms with Gasteiger partial charge < -0.3 is 25.5 Å². The summed E-state index contributed by atoms with van der Waals surface area (Å²) in [6, 6.07) is 14.2. The molecule has 0 aliphatic carbocycles. The Labute approximate surface area is 205 Å². The molecule has 0 radical (unpaired) electrons. The van der Waals surface area contributed by atoms with Crippen LogP contribution in [0.1, 0.15) is 32.8 Å². The third-order valence-electron chi connectivity index (χ3n) is 4.73. The zero-order valence-electron chi connectivity index (χ0n) is 19.8. The lowest BCUT2D eigenvalue weighted by Gasteiger charge is -2.18. The summed E-state index contributed by atoms with van der Waals surface area (Å²) >= 11 is 5.86. The molecular formula is C25H33ClN4O4. The topological polar surface area (TPSA) is 120 Å². The van der Waals surface area contributed by atoms with Gasteiger partial charge in [-0.1, -0.05) is 37.6 Å². The van der Waals surface area contributed by atoms with Crippen LogP contribution in [-0.2, 0) is 20.9 Å². The molecule has 1 amide bonds. The Morgan fingerprint density at radius 1 is 1.12 bits per heavy atom. The van der Waals surface area contributed by atoms with Gasteiger partial charge in [-0.25, -0.2) is 5.84 Å². The van der Waals surface area contributed by atoms with Crippen molar-refractivity contribution in [1.29, 1.82) is 0 Å². The Hall–Kier alpha value is -3.23. The van der Waals surface area contributed by atoms with Crippen molar-refractivity contribution in [3.63, 3.8) is 0 Å². The molecule has 184 valence electrons. The fourth-order valence-electron chi connectivity index (χ4n) is 3.15. The zero-order valence-corrected chi connectivity index (χ0v) is 20.5. The van der Waals surface area contributed by atoms with Crippen LogP contribution in [0.25, 0.3) is 0 Å². The number of ether oxygens (including phenoxy) is 2. The van der Waals surface area contributed by atoms with Crippen LogP contribution >= 0.6 is 11.6 Å². The van der Waals surface area contributed by atoms with E-state index in [1.807, 2.05) is 26.0 Å². The predicted molar refractivity (Wildman–Crippen MR) is 134 cm³/mol. The van der Waals surface area contributed by atoms with Crippen LogP contribution in [0.5, 0.6) is 5.75 Å². The van der Waals surface area contributed by atoms with Gasteiger partial charge >= 0.3 is 5.97 Å². The van der Waals surface area contributed by atoms with Crippen molar-refractivity contribution < 1.29 is 19.1 Å². The lowest BCUT2D eigenvalue weighted by Crippen LogP contribution is -2.32. The fraction of sp³-hybridized carbons (Fsp3) is 0.360. The van der Waals surface area contributed by atoms with E-state index in [1.165, 1.54) is 5.01 Å². The van der Waals surface area contributed by atoms with E-state index >= 15 is 0 Å². The van der Waals surface area contributed by atoms with Gasteiger partial charge in [-0.05, 0) is 61.2 Å². The molecule has 0 aromatic heterocycles. The van der Waals surface area contributed by atoms with Gasteiger partial charge in [-0.3, -0.25) is 9.59 Å². The lowest BCUT2D eigenvalue weighted by atomic mass is 9.96. The second-order valence-corrected chi connectivity index (χ2v) is 8.68. The van der Waals surface area contributed by atoms with Crippen LogP contribution in [0.15, 0.2) is 60.4 Å². The second-order valence-electron chi connectivity index (χ2n) is 8.24. The smallest absolute Gasteiger partial charge is 0.318 e. The number of carbonyl (C=O) groups is 2. The molecule has 2 rings (SSSR count). The summed E-state index contributed by atoms with van der Waals surface area (Å²) in [7, 11) is 0. The van der Waals surface area contributed by atoms with Gasteiger partial charge in [0.2, 0.25) is 5.91 Å². The summed E-state index contributed by atoms with van der Waals surface area (Å²) in [6.07, 6.45) is 2.02. The van der Waals surface area contributed by atoms with Gasteiger partial charge in [0.25, 0.3) is 0 Å². The quantitative estimate of drug-likeness (QED) is 0.178. The minimum atomic E-state index is -0.845. The lowest BCUT2D eigenvalue weighted by molar-refractivity contribution is -0.151. The minimum absolute atomic E-state index is 0.176. The van der Waals surface area contributed by atoms with Crippen molar-refractivity contribution in [2.24, 2.45) is 23.4 Å². The number of nitrogens with two attached hydrogens (primary N) is 2. The third-order valence-corrected chi connectivity index (χ3v) is 4.98. The molecule has 0 saturated heterocycles. The van der Waals surface area contributed by atoms with Crippen molar-refractivity contribution in [3.05, 3.63) is 71.0 Å². The van der Waals surface area contributed by atoms with E-state index in [-0.39, 0.29) is 25.0 Å². The molecule has 0 bridgehead atoms. The van der Waals surface area contributed by atoms with Gasteiger partial charge in [-0.15, -0.1) is 0 Å². The molecular weight excluding hydrogens is 456 g/mol. The summed E-state index contributed by atoms with van der Waals surface area (Å²) < 4.78 is 10.7. The van der Waals surface area contributed by atoms with Crippen LogP contribution < -0.4 is 21.6 Å². The normalized spacial score (nSPS) is 12.2. The van der Waals surface area contributed by atoms with E-state index < -0.39 is 11.9 Å². The van der Waals surface area contributed by atoms with Crippen molar-refractivity contribution in [2.75, 3.05) is 18.5 Å². The Morgan fingerprint density at radius 2 is 1.76 bits per heavy atom. The number of amides is 1. The number of nitrogens with one attached hydrogen (secondary N) is 1. The molecule has 0 fully saturated rings. The monoisotopic (exact) mass is 488 g/mol. The van der Waals surface area contributed by atoms with E-state index in [2.05, 4.69) is 5.32 Å². The molecule has 0 aliphatic rings. The number of esters is 1. The number of nitrogens with zero attached hydrogens (tertiary/aromatic N) is 1. The third kappa shape index (κ3) is 9.33. The van der Waals surface area contributed by atoms with Crippen molar-refractivity contribution in [2.45, 2.75) is 33.7 Å². The van der Waals surface area contributed by atoms with Gasteiger partial charge in [0, 0.05) is 16.9 Å². The molecule has 9 heteroatoms. The van der Waals surface area contributed by atoms with Crippen molar-refractivity contribution >= 4 is 29.2 Å². The van der Waals surface area contributed by atoms with Gasteiger partial charge in [0.15, 0.2) is 0 Å². The number of halogens is 1. The van der Waals surface area contributed by atoms with Crippen molar-refractivity contribution in [3.8, 4) is 5.75 Å². The van der Waals surface area contributed by atoms with Crippen molar-refractivity contribution in [1.82, 2.24) is 5.01 Å².